The van der Waals surface area contributed by atoms with Crippen LogP contribution in [0.5, 0.6) is 0 Å². The molecule has 0 radical (unpaired) electrons. The fourth-order valence-corrected chi connectivity index (χ4v) is 1.52. The van der Waals surface area contributed by atoms with Gasteiger partial charge < -0.3 is 9.47 Å². The predicted octanol–water partition coefficient (Wildman–Crippen LogP) is 3.00. The van der Waals surface area contributed by atoms with Crippen LogP contribution in [0.25, 0.3) is 0 Å². The van der Waals surface area contributed by atoms with Gasteiger partial charge in [-0.25, -0.2) is 9.59 Å². The van der Waals surface area contributed by atoms with E-state index in [1.165, 1.54) is 0 Å². The van der Waals surface area contributed by atoms with Crippen molar-refractivity contribution in [1.29, 1.82) is 0 Å². The van der Waals surface area contributed by atoms with Crippen molar-refractivity contribution in [2.24, 2.45) is 0 Å². The van der Waals surface area contributed by atoms with Crippen LogP contribution in [0.4, 0.5) is 26.3 Å². The zero-order valence-electron chi connectivity index (χ0n) is 11.8. The maximum Gasteiger partial charge on any atom is 0.434 e. The molecule has 0 saturated carbocycles. The number of halogens is 6. The molecule has 0 aliphatic carbocycles. The molecule has 4 nitrogen and oxygen atoms in total. The molecule has 0 aliphatic rings. The molecule has 0 amide bonds. The molecule has 0 aromatic heterocycles. The monoisotopic (exact) mass is 352 g/mol. The Bertz CT molecular complexity index is 421. The number of esters is 2. The van der Waals surface area contributed by atoms with Gasteiger partial charge in [-0.3, -0.25) is 0 Å². The fourth-order valence-electron chi connectivity index (χ4n) is 0.946. The molecular formula is C11H14F6O4Si. The minimum Gasteiger partial charge on any atom is -0.466 e. The van der Waals surface area contributed by atoms with Crippen molar-refractivity contribution >= 4 is 20.0 Å². The first kappa shape index (κ1) is 20.5. The molecule has 0 aliphatic heterocycles. The Kier molecular flexibility index (Phi) is 6.66. The third kappa shape index (κ3) is 8.69. The summed E-state index contributed by atoms with van der Waals surface area (Å²) in [5.41, 5.74) is 0. The van der Waals surface area contributed by atoms with Crippen molar-refractivity contribution in [2.45, 2.75) is 38.1 Å². The lowest BCUT2D eigenvalue weighted by Crippen LogP contribution is -2.45. The van der Waals surface area contributed by atoms with Crippen molar-refractivity contribution in [2.75, 3.05) is 6.23 Å². The van der Waals surface area contributed by atoms with E-state index in [0.717, 1.165) is 0 Å². The summed E-state index contributed by atoms with van der Waals surface area (Å²) in [6.45, 7) is 5.57. The maximum absolute atomic E-state index is 12.1. The number of hydrogen-bond acceptors (Lipinski definition) is 4. The molecule has 0 fully saturated rings. The van der Waals surface area contributed by atoms with Crippen LogP contribution in [0.2, 0.25) is 19.6 Å². The van der Waals surface area contributed by atoms with E-state index in [4.69, 9.17) is 0 Å². The summed E-state index contributed by atoms with van der Waals surface area (Å²) in [4.78, 5) is 22.1. The second kappa shape index (κ2) is 7.16. The standard InChI is InChI=1S/C11H14F6O4Si/c1-22(2,3)6-20-7(18)4-5-8(19)21-9(10(12,13)14)11(15,16)17/h4-5,9H,6H2,1-3H3. The molecule has 0 N–H and O–H groups in total. The molecule has 0 saturated heterocycles. The van der Waals surface area contributed by atoms with Crippen molar-refractivity contribution in [3.63, 3.8) is 0 Å². The lowest BCUT2D eigenvalue weighted by Gasteiger charge is -2.22. The third-order valence-electron chi connectivity index (χ3n) is 1.83. The van der Waals surface area contributed by atoms with E-state index in [1.54, 1.807) is 0 Å². The van der Waals surface area contributed by atoms with E-state index >= 15 is 0 Å². The minimum absolute atomic E-state index is 0.0823. The Morgan fingerprint density at radius 3 is 1.73 bits per heavy atom. The number of hydrogen-bond donors (Lipinski definition) is 0. The van der Waals surface area contributed by atoms with E-state index in [9.17, 15) is 35.9 Å². The van der Waals surface area contributed by atoms with Crippen molar-refractivity contribution < 1.29 is 45.4 Å². The minimum atomic E-state index is -5.81. The van der Waals surface area contributed by atoms with Crippen LogP contribution >= 0.6 is 0 Å². The van der Waals surface area contributed by atoms with Gasteiger partial charge in [-0.15, -0.1) is 0 Å². The van der Waals surface area contributed by atoms with Crippen molar-refractivity contribution in [3.8, 4) is 0 Å². The number of alkyl halides is 6. The summed E-state index contributed by atoms with van der Waals surface area (Å²) >= 11 is 0. The van der Waals surface area contributed by atoms with Gasteiger partial charge in [0.1, 0.15) is 0 Å². The third-order valence-corrected chi connectivity index (χ3v) is 2.84. The summed E-state index contributed by atoms with van der Waals surface area (Å²) in [7, 11) is -1.74. The highest BCUT2D eigenvalue weighted by Crippen LogP contribution is 2.35. The van der Waals surface area contributed by atoms with Crippen molar-refractivity contribution in [3.05, 3.63) is 12.2 Å². The van der Waals surface area contributed by atoms with Crippen LogP contribution in [0.15, 0.2) is 12.2 Å². The van der Waals surface area contributed by atoms with Crippen LogP contribution < -0.4 is 0 Å². The summed E-state index contributed by atoms with van der Waals surface area (Å²) in [5.74, 6) is -3.01. The Morgan fingerprint density at radius 2 is 1.36 bits per heavy atom. The molecule has 0 bridgehead atoms. The van der Waals surface area contributed by atoms with Gasteiger partial charge in [0.05, 0.1) is 14.3 Å². The van der Waals surface area contributed by atoms with E-state index in [0.29, 0.717) is 6.08 Å². The second-order valence-electron chi connectivity index (χ2n) is 5.40. The zero-order chi connectivity index (χ0) is 17.8. The number of rotatable bonds is 5. The molecule has 0 aromatic carbocycles. The maximum atomic E-state index is 12.1. The Balaban J connectivity index is 4.66. The Morgan fingerprint density at radius 1 is 0.955 bits per heavy atom. The average molecular weight is 352 g/mol. The highest BCUT2D eigenvalue weighted by molar-refractivity contribution is 6.76. The quantitative estimate of drug-likeness (QED) is 0.330. The molecule has 128 valence electrons. The lowest BCUT2D eigenvalue weighted by molar-refractivity contribution is -0.312. The van der Waals surface area contributed by atoms with E-state index < -0.39 is 38.5 Å². The van der Waals surface area contributed by atoms with Crippen LogP contribution in [-0.2, 0) is 19.1 Å². The average Bonchev–Trinajstić information content (AvgIpc) is 2.27. The number of ether oxygens (including phenoxy) is 2. The highest BCUT2D eigenvalue weighted by atomic mass is 28.3. The number of carbonyl (C=O) groups is 2. The second-order valence-corrected chi connectivity index (χ2v) is 10.8. The van der Waals surface area contributed by atoms with Gasteiger partial charge in [-0.2, -0.15) is 26.3 Å². The van der Waals surface area contributed by atoms with Gasteiger partial charge in [-0.05, 0) is 0 Å². The molecular weight excluding hydrogens is 338 g/mol. The predicted molar refractivity (Wildman–Crippen MR) is 65.4 cm³/mol. The first-order valence-corrected chi connectivity index (χ1v) is 9.52. The smallest absolute Gasteiger partial charge is 0.434 e. The summed E-state index contributed by atoms with van der Waals surface area (Å²) in [6, 6.07) is 0. The molecule has 22 heavy (non-hydrogen) atoms. The largest absolute Gasteiger partial charge is 0.466 e. The van der Waals surface area contributed by atoms with E-state index in [1.807, 2.05) is 19.6 Å². The van der Waals surface area contributed by atoms with Gasteiger partial charge in [0.2, 0.25) is 0 Å². The molecule has 0 spiro atoms. The number of carbonyl (C=O) groups excluding carboxylic acids is 2. The fraction of sp³-hybridized carbons (Fsp3) is 0.636. The zero-order valence-corrected chi connectivity index (χ0v) is 12.8. The highest BCUT2D eigenvalue weighted by Gasteiger charge is 2.59. The van der Waals surface area contributed by atoms with Crippen LogP contribution in [0.3, 0.4) is 0 Å². The van der Waals surface area contributed by atoms with E-state index in [2.05, 4.69) is 9.47 Å². The molecule has 0 atom stereocenters. The van der Waals surface area contributed by atoms with Gasteiger partial charge in [0.15, 0.2) is 0 Å². The summed E-state index contributed by atoms with van der Waals surface area (Å²) in [6.07, 6.45) is -15.2. The topological polar surface area (TPSA) is 52.6 Å². The molecule has 0 heterocycles. The SMILES string of the molecule is C[Si](C)(C)COC(=O)C=CC(=O)OC(C(F)(F)F)C(F)(F)F. The van der Waals surface area contributed by atoms with Crippen LogP contribution in [0, 0.1) is 0 Å². The lowest BCUT2D eigenvalue weighted by atomic mass is 10.3. The van der Waals surface area contributed by atoms with E-state index in [-0.39, 0.29) is 12.3 Å². The summed E-state index contributed by atoms with van der Waals surface area (Å²) in [5, 5.41) is 0. The first-order chi connectivity index (χ1) is 9.63. The first-order valence-electron chi connectivity index (χ1n) is 5.82. The molecule has 0 aromatic rings. The molecule has 0 unspecified atom stereocenters. The molecule has 11 heteroatoms. The summed E-state index contributed by atoms with van der Waals surface area (Å²) < 4.78 is 80.7. The van der Waals surface area contributed by atoms with Crippen LogP contribution in [0.1, 0.15) is 0 Å². The normalized spacial score (nSPS) is 13.5. The molecule has 0 rings (SSSR count). The van der Waals surface area contributed by atoms with Gasteiger partial charge >= 0.3 is 24.3 Å². The van der Waals surface area contributed by atoms with Gasteiger partial charge in [-0.1, -0.05) is 19.6 Å². The Hall–Kier alpha value is -1.52. The van der Waals surface area contributed by atoms with Gasteiger partial charge in [0, 0.05) is 12.2 Å². The van der Waals surface area contributed by atoms with Gasteiger partial charge in [0.25, 0.3) is 6.10 Å². The Labute approximate surface area is 123 Å². The van der Waals surface area contributed by atoms with Crippen LogP contribution in [-0.4, -0.2) is 44.7 Å². The van der Waals surface area contributed by atoms with Crippen molar-refractivity contribution in [1.82, 2.24) is 0 Å².